The first-order chi connectivity index (χ1) is 29.7. The SMILES string of the molecule is CC/C=C\C/C=C\C/C=C\CCCCCCCC(=O)OCC(COC1OC(C(=O)O)C(O)C(O)C1O)OC(=O)CCCCCCCCCCCCCCCCCCCCCC. The van der Waals surface area contributed by atoms with Crippen molar-refractivity contribution in [3.63, 3.8) is 0 Å². The van der Waals surface area contributed by atoms with Gasteiger partial charge in [0.1, 0.15) is 24.9 Å². The Hall–Kier alpha value is -2.57. The third-order valence-corrected chi connectivity index (χ3v) is 11.3. The Morgan fingerprint density at radius 3 is 1.46 bits per heavy atom. The number of carbonyl (C=O) groups excluding carboxylic acids is 2. The van der Waals surface area contributed by atoms with E-state index < -0.39 is 61.3 Å². The summed E-state index contributed by atoms with van der Waals surface area (Å²) >= 11 is 0. The zero-order valence-electron chi connectivity index (χ0n) is 38.4. The van der Waals surface area contributed by atoms with Crippen molar-refractivity contribution in [1.82, 2.24) is 0 Å². The largest absolute Gasteiger partial charge is 0.479 e. The number of unbranched alkanes of at least 4 members (excludes halogenated alkanes) is 24. The molecule has 0 saturated carbocycles. The van der Waals surface area contributed by atoms with Crippen LogP contribution >= 0.6 is 0 Å². The van der Waals surface area contributed by atoms with Gasteiger partial charge in [0.25, 0.3) is 0 Å². The molecular formula is C50H88O11. The number of carboxylic acid groups (broad SMARTS) is 1. The van der Waals surface area contributed by atoms with Gasteiger partial charge in [0.2, 0.25) is 0 Å². The number of hydrogen-bond acceptors (Lipinski definition) is 10. The van der Waals surface area contributed by atoms with Crippen molar-refractivity contribution in [2.24, 2.45) is 0 Å². The molecule has 4 N–H and O–H groups in total. The summed E-state index contributed by atoms with van der Waals surface area (Å²) in [4.78, 5) is 36.9. The van der Waals surface area contributed by atoms with Gasteiger partial charge >= 0.3 is 17.9 Å². The Kier molecular flexibility index (Phi) is 37.2. The number of rotatable bonds is 41. The van der Waals surface area contributed by atoms with Crippen molar-refractivity contribution in [3.05, 3.63) is 36.5 Å². The Balaban J connectivity index is 2.31. The van der Waals surface area contributed by atoms with E-state index in [9.17, 15) is 34.8 Å². The molecule has 0 aromatic rings. The Morgan fingerprint density at radius 1 is 0.525 bits per heavy atom. The van der Waals surface area contributed by atoms with Crippen molar-refractivity contribution in [3.8, 4) is 0 Å². The van der Waals surface area contributed by atoms with Gasteiger partial charge in [-0.3, -0.25) is 9.59 Å². The summed E-state index contributed by atoms with van der Waals surface area (Å²) in [6.07, 6.45) is 37.7. The summed E-state index contributed by atoms with van der Waals surface area (Å²) < 4.78 is 21.8. The van der Waals surface area contributed by atoms with Crippen LogP contribution in [0.5, 0.6) is 0 Å². The zero-order valence-corrected chi connectivity index (χ0v) is 38.4. The summed E-state index contributed by atoms with van der Waals surface area (Å²) in [5.74, 6) is -2.46. The molecule has 0 aliphatic carbocycles. The van der Waals surface area contributed by atoms with Crippen LogP contribution < -0.4 is 0 Å². The summed E-state index contributed by atoms with van der Waals surface area (Å²) in [5.41, 5.74) is 0. The Labute approximate surface area is 370 Å². The van der Waals surface area contributed by atoms with Gasteiger partial charge in [-0.2, -0.15) is 0 Å². The Bertz CT molecular complexity index is 1150. The lowest BCUT2D eigenvalue weighted by Crippen LogP contribution is -2.60. The standard InChI is InChI=1S/C50H88O11/c1-3-5-7-9-11-13-15-17-19-20-21-22-23-25-27-29-31-33-35-37-39-44(52)60-42(41-59-50-47(55)45(53)46(54)48(61-50)49(56)57)40-58-43(51)38-36-34-32-30-28-26-24-18-16-14-12-10-8-6-4-2/h6,8,12,14,18,24,42,45-48,50,53-55H,3-5,7,9-11,13,15-17,19-23,25-41H2,1-2H3,(H,56,57)/b8-6-,14-12-,24-18-. The van der Waals surface area contributed by atoms with Crippen LogP contribution in [0, 0.1) is 0 Å². The first kappa shape index (κ1) is 56.4. The summed E-state index contributed by atoms with van der Waals surface area (Å²) in [7, 11) is 0. The van der Waals surface area contributed by atoms with Crippen molar-refractivity contribution in [2.45, 2.75) is 250 Å². The number of carboxylic acids is 1. The number of hydrogen-bond donors (Lipinski definition) is 4. The van der Waals surface area contributed by atoms with E-state index in [0.29, 0.717) is 12.8 Å². The molecule has 6 atom stereocenters. The van der Waals surface area contributed by atoms with E-state index in [4.69, 9.17) is 18.9 Å². The molecule has 0 aromatic carbocycles. The van der Waals surface area contributed by atoms with Crippen LogP contribution in [-0.2, 0) is 33.3 Å². The quantitative estimate of drug-likeness (QED) is 0.0262. The van der Waals surface area contributed by atoms with Gasteiger partial charge in [-0.1, -0.05) is 192 Å². The molecule has 1 aliphatic heterocycles. The molecule has 1 heterocycles. The monoisotopic (exact) mass is 865 g/mol. The van der Waals surface area contributed by atoms with Crippen LogP contribution in [0.1, 0.15) is 213 Å². The molecule has 0 amide bonds. The maximum atomic E-state index is 12.8. The molecule has 0 aromatic heterocycles. The second-order valence-corrected chi connectivity index (χ2v) is 16.9. The van der Waals surface area contributed by atoms with Crippen molar-refractivity contribution >= 4 is 17.9 Å². The highest BCUT2D eigenvalue weighted by atomic mass is 16.7. The van der Waals surface area contributed by atoms with E-state index in [1.807, 2.05) is 0 Å². The smallest absolute Gasteiger partial charge is 0.335 e. The molecule has 1 fully saturated rings. The van der Waals surface area contributed by atoms with Crippen LogP contribution in [0.3, 0.4) is 0 Å². The van der Waals surface area contributed by atoms with E-state index >= 15 is 0 Å². The molecule has 11 heteroatoms. The van der Waals surface area contributed by atoms with Crippen LogP contribution in [0.15, 0.2) is 36.5 Å². The van der Waals surface area contributed by atoms with Gasteiger partial charge in [-0.15, -0.1) is 0 Å². The number of allylic oxidation sites excluding steroid dienone is 6. The molecule has 0 bridgehead atoms. The highest BCUT2D eigenvalue weighted by Crippen LogP contribution is 2.23. The van der Waals surface area contributed by atoms with E-state index in [1.165, 1.54) is 103 Å². The molecule has 1 rings (SSSR count). The number of aliphatic hydroxyl groups excluding tert-OH is 3. The van der Waals surface area contributed by atoms with E-state index in [1.54, 1.807) is 0 Å². The topological polar surface area (TPSA) is 169 Å². The van der Waals surface area contributed by atoms with E-state index in [-0.39, 0.29) is 19.4 Å². The molecule has 6 unspecified atom stereocenters. The van der Waals surface area contributed by atoms with Crippen LogP contribution in [-0.4, -0.2) is 88.4 Å². The van der Waals surface area contributed by atoms with Gasteiger partial charge < -0.3 is 39.4 Å². The lowest BCUT2D eigenvalue weighted by Gasteiger charge is -2.38. The van der Waals surface area contributed by atoms with E-state index in [2.05, 4.69) is 50.3 Å². The molecule has 61 heavy (non-hydrogen) atoms. The van der Waals surface area contributed by atoms with Crippen LogP contribution in [0.4, 0.5) is 0 Å². The minimum Gasteiger partial charge on any atom is -0.479 e. The van der Waals surface area contributed by atoms with E-state index in [0.717, 1.165) is 70.6 Å². The fourth-order valence-electron chi connectivity index (χ4n) is 7.42. The van der Waals surface area contributed by atoms with Crippen LogP contribution in [0.2, 0.25) is 0 Å². The van der Waals surface area contributed by atoms with Crippen molar-refractivity contribution in [1.29, 1.82) is 0 Å². The maximum Gasteiger partial charge on any atom is 0.335 e. The van der Waals surface area contributed by atoms with Gasteiger partial charge in [0.15, 0.2) is 18.5 Å². The predicted octanol–water partition coefficient (Wildman–Crippen LogP) is 11.2. The lowest BCUT2D eigenvalue weighted by atomic mass is 9.99. The zero-order chi connectivity index (χ0) is 44.6. The number of aliphatic hydroxyl groups is 3. The summed E-state index contributed by atoms with van der Waals surface area (Å²) in [5, 5.41) is 39.9. The molecule has 0 spiro atoms. The van der Waals surface area contributed by atoms with Crippen molar-refractivity contribution in [2.75, 3.05) is 13.2 Å². The fraction of sp³-hybridized carbons (Fsp3) is 0.820. The molecule has 0 radical (unpaired) electrons. The number of esters is 2. The summed E-state index contributed by atoms with van der Waals surface area (Å²) in [6, 6.07) is 0. The molecular weight excluding hydrogens is 777 g/mol. The minimum atomic E-state index is -1.86. The summed E-state index contributed by atoms with van der Waals surface area (Å²) in [6.45, 7) is 3.71. The molecule has 354 valence electrons. The first-order valence-electron chi connectivity index (χ1n) is 24.5. The van der Waals surface area contributed by atoms with Gasteiger partial charge in [-0.25, -0.2) is 4.79 Å². The highest BCUT2D eigenvalue weighted by Gasteiger charge is 2.47. The number of carbonyl (C=O) groups is 3. The first-order valence-corrected chi connectivity index (χ1v) is 24.5. The molecule has 1 aliphatic rings. The number of aliphatic carboxylic acids is 1. The third kappa shape index (κ3) is 31.9. The van der Waals surface area contributed by atoms with Gasteiger partial charge in [-0.05, 0) is 44.9 Å². The van der Waals surface area contributed by atoms with Gasteiger partial charge in [0, 0.05) is 12.8 Å². The average Bonchev–Trinajstić information content (AvgIpc) is 3.24. The minimum absolute atomic E-state index is 0.182. The average molecular weight is 865 g/mol. The second kappa shape index (κ2) is 40.2. The second-order valence-electron chi connectivity index (χ2n) is 16.9. The normalized spacial score (nSPS) is 19.9. The molecule has 1 saturated heterocycles. The van der Waals surface area contributed by atoms with Crippen molar-refractivity contribution < 1.29 is 53.8 Å². The van der Waals surface area contributed by atoms with Crippen LogP contribution in [0.25, 0.3) is 0 Å². The molecule has 11 nitrogen and oxygen atoms in total. The third-order valence-electron chi connectivity index (χ3n) is 11.3. The Morgan fingerprint density at radius 2 is 0.967 bits per heavy atom. The lowest BCUT2D eigenvalue weighted by molar-refractivity contribution is -0.298. The van der Waals surface area contributed by atoms with Gasteiger partial charge in [0.05, 0.1) is 6.61 Å². The fourth-order valence-corrected chi connectivity index (χ4v) is 7.42. The predicted molar refractivity (Wildman–Crippen MR) is 243 cm³/mol. The highest BCUT2D eigenvalue weighted by molar-refractivity contribution is 5.73. The number of ether oxygens (including phenoxy) is 4. The maximum absolute atomic E-state index is 12.8.